The molecule has 2 N–H and O–H groups in total. The predicted octanol–water partition coefficient (Wildman–Crippen LogP) is 2.62. The number of benzene rings is 2. The van der Waals surface area contributed by atoms with E-state index in [2.05, 4.69) is 5.32 Å². The van der Waals surface area contributed by atoms with E-state index in [-0.39, 0.29) is 36.1 Å². The highest BCUT2D eigenvalue weighted by atomic mass is 19.4. The zero-order valence-electron chi connectivity index (χ0n) is 16.9. The van der Waals surface area contributed by atoms with Crippen molar-refractivity contribution >= 4 is 23.6 Å². The van der Waals surface area contributed by atoms with Gasteiger partial charge >= 0.3 is 6.18 Å². The van der Waals surface area contributed by atoms with Crippen molar-refractivity contribution in [2.45, 2.75) is 37.6 Å². The minimum atomic E-state index is -4.83. The van der Waals surface area contributed by atoms with Gasteiger partial charge in [-0.25, -0.2) is 4.39 Å². The normalized spacial score (nSPS) is 19.2. The number of halogens is 4. The first-order chi connectivity index (χ1) is 15.6. The smallest absolute Gasteiger partial charge is 0.337 e. The van der Waals surface area contributed by atoms with Crippen molar-refractivity contribution in [2.75, 3.05) is 0 Å². The first-order valence-corrected chi connectivity index (χ1v) is 9.96. The van der Waals surface area contributed by atoms with Crippen molar-refractivity contribution < 1.29 is 36.7 Å². The van der Waals surface area contributed by atoms with Crippen molar-refractivity contribution in [3.05, 3.63) is 70.5 Å². The van der Waals surface area contributed by atoms with Crippen LogP contribution in [0.2, 0.25) is 0 Å². The van der Waals surface area contributed by atoms with Crippen LogP contribution in [0.4, 0.5) is 17.6 Å². The summed E-state index contributed by atoms with van der Waals surface area (Å²) < 4.78 is 55.8. The van der Waals surface area contributed by atoms with Crippen molar-refractivity contribution in [3.63, 3.8) is 0 Å². The van der Waals surface area contributed by atoms with Gasteiger partial charge < -0.3 is 10.2 Å². The molecule has 33 heavy (non-hydrogen) atoms. The maximum absolute atomic E-state index is 15.2. The monoisotopic (exact) mass is 463 g/mol. The molecular weight excluding hydrogens is 446 g/mol. The third-order valence-corrected chi connectivity index (χ3v) is 5.63. The van der Waals surface area contributed by atoms with Gasteiger partial charge in [0, 0.05) is 17.5 Å². The highest BCUT2D eigenvalue weighted by Crippen LogP contribution is 2.34. The number of hydrogen-bond donors (Lipinski definition) is 2. The van der Waals surface area contributed by atoms with E-state index >= 15 is 4.39 Å². The van der Waals surface area contributed by atoms with Gasteiger partial charge in [0.15, 0.2) is 6.04 Å². The Balaban J connectivity index is 1.60. The molecule has 0 radical (unpaired) electrons. The highest BCUT2D eigenvalue weighted by Gasteiger charge is 2.43. The first-order valence-electron chi connectivity index (χ1n) is 9.96. The molecule has 0 spiro atoms. The Labute approximate surface area is 184 Å². The molecule has 2 aliphatic rings. The second-order valence-corrected chi connectivity index (χ2v) is 7.71. The lowest BCUT2D eigenvalue weighted by atomic mass is 10.0. The summed E-state index contributed by atoms with van der Waals surface area (Å²) in [4.78, 5) is 49.8. The van der Waals surface area contributed by atoms with Crippen LogP contribution in [0.1, 0.15) is 50.7 Å². The van der Waals surface area contributed by atoms with E-state index in [0.29, 0.717) is 0 Å². The largest absolute Gasteiger partial charge is 0.412 e. The summed E-state index contributed by atoms with van der Waals surface area (Å²) in [6, 6.07) is 5.39. The molecule has 0 aromatic heterocycles. The fourth-order valence-electron chi connectivity index (χ4n) is 3.99. The van der Waals surface area contributed by atoms with Gasteiger partial charge in [-0.1, -0.05) is 30.3 Å². The number of hydrogen-bond acceptors (Lipinski definition) is 4. The minimum absolute atomic E-state index is 0.00495. The molecule has 172 valence electrons. The van der Waals surface area contributed by atoms with Crippen LogP contribution < -0.4 is 10.6 Å². The number of amides is 4. The SMILES string of the molecule is O=C1CCC(N2Cc3c(ccc(C(=O)NC(c4ccccc4)C(F)(F)F)c3F)C2=O)C(=O)N1. The molecule has 11 heteroatoms. The van der Waals surface area contributed by atoms with Crippen molar-refractivity contribution in [1.29, 1.82) is 0 Å². The summed E-state index contributed by atoms with van der Waals surface area (Å²) in [5.41, 5.74) is -1.17. The van der Waals surface area contributed by atoms with E-state index in [4.69, 9.17) is 0 Å². The number of alkyl halides is 3. The molecule has 4 rings (SSSR count). The van der Waals surface area contributed by atoms with Crippen LogP contribution in [0.15, 0.2) is 42.5 Å². The predicted molar refractivity (Wildman–Crippen MR) is 105 cm³/mol. The molecule has 2 aliphatic heterocycles. The van der Waals surface area contributed by atoms with Gasteiger partial charge in [-0.05, 0) is 24.1 Å². The summed E-state index contributed by atoms with van der Waals surface area (Å²) in [5.74, 6) is -4.27. The third kappa shape index (κ3) is 4.18. The zero-order chi connectivity index (χ0) is 23.9. The number of imide groups is 1. The standard InChI is InChI=1S/C22H17F4N3O4/c23-17-13(19(31)28-18(22(24,25)26)11-4-2-1-3-5-11)7-6-12-14(17)10-29(21(12)33)15-8-9-16(30)27-20(15)32/h1-7,15,18H,8-10H2,(H,28,31)(H,27,30,32). The summed E-state index contributed by atoms with van der Waals surface area (Å²) in [6.07, 6.45) is -4.77. The molecule has 0 saturated carbocycles. The average Bonchev–Trinajstić information content (AvgIpc) is 3.09. The summed E-state index contributed by atoms with van der Waals surface area (Å²) in [5, 5.41) is 3.93. The number of piperidine rings is 1. The Bertz CT molecular complexity index is 1150. The number of rotatable bonds is 4. The minimum Gasteiger partial charge on any atom is -0.337 e. The Kier molecular flexibility index (Phi) is 5.64. The van der Waals surface area contributed by atoms with Crippen molar-refractivity contribution in [1.82, 2.24) is 15.5 Å². The lowest BCUT2D eigenvalue weighted by Gasteiger charge is -2.29. The van der Waals surface area contributed by atoms with Gasteiger partial charge in [0.25, 0.3) is 11.8 Å². The lowest BCUT2D eigenvalue weighted by Crippen LogP contribution is -2.52. The Morgan fingerprint density at radius 2 is 1.79 bits per heavy atom. The molecule has 2 aromatic carbocycles. The van der Waals surface area contributed by atoms with E-state index in [1.807, 2.05) is 5.32 Å². The maximum Gasteiger partial charge on any atom is 0.412 e. The van der Waals surface area contributed by atoms with Gasteiger partial charge in [-0.15, -0.1) is 0 Å². The number of fused-ring (bicyclic) bond motifs is 1. The van der Waals surface area contributed by atoms with Crippen LogP contribution in [0.3, 0.4) is 0 Å². The lowest BCUT2D eigenvalue weighted by molar-refractivity contribution is -0.155. The van der Waals surface area contributed by atoms with Crippen LogP contribution in [-0.4, -0.2) is 40.7 Å². The molecule has 2 atom stereocenters. The number of nitrogens with one attached hydrogen (secondary N) is 2. The maximum atomic E-state index is 15.2. The molecule has 7 nitrogen and oxygen atoms in total. The fourth-order valence-corrected chi connectivity index (χ4v) is 3.99. The van der Waals surface area contributed by atoms with Crippen LogP contribution in [0.5, 0.6) is 0 Å². The molecule has 4 amide bonds. The second-order valence-electron chi connectivity index (χ2n) is 7.71. The molecule has 2 heterocycles. The van der Waals surface area contributed by atoms with Crippen LogP contribution in [0.25, 0.3) is 0 Å². The summed E-state index contributed by atoms with van der Waals surface area (Å²) in [6.45, 7) is -0.352. The second kappa shape index (κ2) is 8.30. The molecule has 1 fully saturated rings. The molecule has 1 saturated heterocycles. The van der Waals surface area contributed by atoms with Crippen molar-refractivity contribution in [2.24, 2.45) is 0 Å². The number of carbonyl (C=O) groups excluding carboxylic acids is 4. The van der Waals surface area contributed by atoms with Gasteiger partial charge in [0.1, 0.15) is 11.9 Å². The van der Waals surface area contributed by atoms with E-state index in [0.717, 1.165) is 17.0 Å². The summed E-state index contributed by atoms with van der Waals surface area (Å²) >= 11 is 0. The molecule has 0 aliphatic carbocycles. The topological polar surface area (TPSA) is 95.6 Å². The van der Waals surface area contributed by atoms with Gasteiger partial charge in [-0.2, -0.15) is 13.2 Å². The van der Waals surface area contributed by atoms with Crippen LogP contribution in [-0.2, 0) is 16.1 Å². The highest BCUT2D eigenvalue weighted by molar-refractivity contribution is 6.06. The molecule has 2 aromatic rings. The number of carbonyl (C=O) groups is 4. The molecule has 2 unspecified atom stereocenters. The van der Waals surface area contributed by atoms with Gasteiger partial charge in [0.2, 0.25) is 11.8 Å². The number of nitrogens with zero attached hydrogens (tertiary/aromatic N) is 1. The van der Waals surface area contributed by atoms with E-state index in [1.165, 1.54) is 30.3 Å². The van der Waals surface area contributed by atoms with E-state index < -0.39 is 53.3 Å². The Morgan fingerprint density at radius 3 is 2.42 bits per heavy atom. The Hall–Kier alpha value is -3.76. The Morgan fingerprint density at radius 1 is 1.09 bits per heavy atom. The van der Waals surface area contributed by atoms with Crippen molar-refractivity contribution in [3.8, 4) is 0 Å². The third-order valence-electron chi connectivity index (χ3n) is 5.63. The van der Waals surface area contributed by atoms with E-state index in [1.54, 1.807) is 0 Å². The fraction of sp³-hybridized carbons (Fsp3) is 0.273. The quantitative estimate of drug-likeness (QED) is 0.538. The first kappa shape index (κ1) is 22.4. The van der Waals surface area contributed by atoms with Gasteiger partial charge in [0.05, 0.1) is 12.1 Å². The van der Waals surface area contributed by atoms with Crippen LogP contribution in [0, 0.1) is 5.82 Å². The van der Waals surface area contributed by atoms with E-state index in [9.17, 15) is 32.3 Å². The molecular formula is C22H17F4N3O4. The summed E-state index contributed by atoms with van der Waals surface area (Å²) in [7, 11) is 0. The molecule has 0 bridgehead atoms. The van der Waals surface area contributed by atoms with Gasteiger partial charge in [-0.3, -0.25) is 24.5 Å². The zero-order valence-corrected chi connectivity index (χ0v) is 16.9. The average molecular weight is 463 g/mol. The van der Waals surface area contributed by atoms with Crippen LogP contribution >= 0.6 is 0 Å².